The van der Waals surface area contributed by atoms with Crippen LogP contribution in [-0.2, 0) is 0 Å². The molecule has 0 unspecified atom stereocenters. The molecular formula is C30H41N3O3. The van der Waals surface area contributed by atoms with E-state index in [1.165, 1.54) is 5.56 Å². The number of carbonyl (C=O) groups excluding carboxylic acids is 1. The Bertz CT molecular complexity index is 1100. The summed E-state index contributed by atoms with van der Waals surface area (Å²) in [4.78, 5) is 22.8. The highest BCUT2D eigenvalue weighted by molar-refractivity contribution is 6.15. The van der Waals surface area contributed by atoms with E-state index in [0.717, 1.165) is 47.8 Å². The molecule has 0 saturated carbocycles. The maximum atomic E-state index is 13.2. The van der Waals surface area contributed by atoms with Gasteiger partial charge in [0.2, 0.25) is 0 Å². The van der Waals surface area contributed by atoms with Gasteiger partial charge in [-0.15, -0.1) is 0 Å². The summed E-state index contributed by atoms with van der Waals surface area (Å²) >= 11 is 0. The fraction of sp³-hybridized carbons (Fsp3) is 0.533. The van der Waals surface area contributed by atoms with Gasteiger partial charge in [-0.1, -0.05) is 12.1 Å². The number of rotatable bonds is 8. The van der Waals surface area contributed by atoms with Crippen LogP contribution >= 0.6 is 0 Å². The van der Waals surface area contributed by atoms with Crippen LogP contribution in [0.3, 0.4) is 0 Å². The minimum atomic E-state index is 0.0629. The van der Waals surface area contributed by atoms with E-state index in [1.807, 2.05) is 43.0 Å². The third-order valence-electron chi connectivity index (χ3n) is 7.20. The molecule has 0 radical (unpaired) electrons. The van der Waals surface area contributed by atoms with E-state index in [9.17, 15) is 4.79 Å². The largest absolute Gasteiger partial charge is 0.490 e. The van der Waals surface area contributed by atoms with Crippen LogP contribution in [0.25, 0.3) is 0 Å². The van der Waals surface area contributed by atoms with Gasteiger partial charge in [0.25, 0.3) is 5.91 Å². The molecule has 194 valence electrons. The first kappa shape index (κ1) is 26.2. The Hall–Kier alpha value is -2.86. The van der Waals surface area contributed by atoms with E-state index >= 15 is 0 Å². The molecule has 0 bridgehead atoms. The summed E-state index contributed by atoms with van der Waals surface area (Å²) in [6.07, 6.45) is 1.02. The van der Waals surface area contributed by atoms with Crippen LogP contribution in [0.4, 0.5) is 0 Å². The molecule has 0 spiro atoms. The highest BCUT2D eigenvalue weighted by Gasteiger charge is 2.36. The lowest BCUT2D eigenvalue weighted by Gasteiger charge is -2.39. The first-order valence-electron chi connectivity index (χ1n) is 13.4. The van der Waals surface area contributed by atoms with Crippen molar-refractivity contribution in [3.05, 3.63) is 58.7 Å². The molecule has 2 aromatic rings. The molecule has 1 saturated heterocycles. The molecule has 2 aliphatic rings. The van der Waals surface area contributed by atoms with E-state index in [2.05, 4.69) is 51.8 Å². The molecule has 0 aromatic heterocycles. The van der Waals surface area contributed by atoms with Gasteiger partial charge >= 0.3 is 0 Å². The number of ether oxygens (including phenoxy) is 2. The minimum Gasteiger partial charge on any atom is -0.490 e. The van der Waals surface area contributed by atoms with Crippen molar-refractivity contribution in [2.24, 2.45) is 4.99 Å². The quantitative estimate of drug-likeness (QED) is 0.497. The van der Waals surface area contributed by atoms with Gasteiger partial charge in [-0.3, -0.25) is 9.79 Å². The van der Waals surface area contributed by atoms with Crippen LogP contribution in [0.15, 0.2) is 41.4 Å². The Labute approximate surface area is 216 Å². The highest BCUT2D eigenvalue weighted by Crippen LogP contribution is 2.42. The van der Waals surface area contributed by atoms with Crippen molar-refractivity contribution in [2.45, 2.75) is 72.0 Å². The molecule has 2 aromatic carbocycles. The lowest BCUT2D eigenvalue weighted by atomic mass is 9.79. The average Bonchev–Trinajstić information content (AvgIpc) is 2.84. The summed E-state index contributed by atoms with van der Waals surface area (Å²) in [5, 5.41) is 0. The van der Waals surface area contributed by atoms with Crippen LogP contribution in [0.5, 0.6) is 11.5 Å². The summed E-state index contributed by atoms with van der Waals surface area (Å²) in [5.74, 6) is 1.94. The number of nitrogens with zero attached hydrogens (tertiary/aromatic N) is 3. The fourth-order valence-electron chi connectivity index (χ4n) is 5.64. The number of piperidine rings is 1. The maximum Gasteiger partial charge on any atom is 0.254 e. The molecule has 0 aliphatic carbocycles. The number of carbonyl (C=O) groups is 1. The molecule has 2 atom stereocenters. The summed E-state index contributed by atoms with van der Waals surface area (Å²) < 4.78 is 12.0. The number of benzene rings is 2. The van der Waals surface area contributed by atoms with Crippen LogP contribution in [0.2, 0.25) is 0 Å². The van der Waals surface area contributed by atoms with Crippen molar-refractivity contribution in [3.8, 4) is 11.5 Å². The van der Waals surface area contributed by atoms with Crippen molar-refractivity contribution in [2.75, 3.05) is 33.4 Å². The molecule has 6 heteroatoms. The van der Waals surface area contributed by atoms with Gasteiger partial charge < -0.3 is 19.3 Å². The second-order valence-electron chi connectivity index (χ2n) is 10.4. The molecule has 36 heavy (non-hydrogen) atoms. The standard InChI is InChI=1S/C30H41N3O3/c1-8-35-27-16-23-24(17-28(27)36-9-2)29(31-26-14-15-32(7)18-25(23)26)21-10-12-22(13-11-21)30(34)33(19(3)4)20(5)6/h10-13,16-17,19-20,25-26H,8-9,14-15,18H2,1-7H3/t25-,26-/m0/s1. The predicted molar refractivity (Wildman–Crippen MR) is 146 cm³/mol. The van der Waals surface area contributed by atoms with Gasteiger partial charge in [-0.25, -0.2) is 0 Å². The highest BCUT2D eigenvalue weighted by atomic mass is 16.5. The molecule has 2 heterocycles. The number of likely N-dealkylation sites (tertiary alicyclic amines) is 1. The van der Waals surface area contributed by atoms with E-state index in [0.29, 0.717) is 24.7 Å². The second-order valence-corrected chi connectivity index (χ2v) is 10.4. The Morgan fingerprint density at radius 2 is 1.64 bits per heavy atom. The number of aliphatic imine (C=N–C) groups is 1. The van der Waals surface area contributed by atoms with Crippen LogP contribution in [-0.4, -0.2) is 72.9 Å². The fourth-order valence-corrected chi connectivity index (χ4v) is 5.64. The van der Waals surface area contributed by atoms with Gasteiger partial charge in [-0.2, -0.15) is 0 Å². The van der Waals surface area contributed by atoms with Gasteiger partial charge in [0.15, 0.2) is 11.5 Å². The zero-order valence-electron chi connectivity index (χ0n) is 22.9. The van der Waals surface area contributed by atoms with Crippen molar-refractivity contribution < 1.29 is 14.3 Å². The van der Waals surface area contributed by atoms with Crippen molar-refractivity contribution in [3.63, 3.8) is 0 Å². The van der Waals surface area contributed by atoms with Crippen molar-refractivity contribution in [1.29, 1.82) is 0 Å². The third kappa shape index (κ3) is 5.15. The zero-order chi connectivity index (χ0) is 26.0. The monoisotopic (exact) mass is 491 g/mol. The summed E-state index contributed by atoms with van der Waals surface area (Å²) in [6, 6.07) is 12.8. The Morgan fingerprint density at radius 1 is 1.03 bits per heavy atom. The van der Waals surface area contributed by atoms with Gasteiger partial charge in [-0.05, 0) is 91.4 Å². The van der Waals surface area contributed by atoms with Gasteiger partial charge in [0.1, 0.15) is 0 Å². The first-order valence-corrected chi connectivity index (χ1v) is 13.4. The number of likely N-dealkylation sites (N-methyl/N-ethyl adjacent to an activating group) is 1. The molecule has 1 amide bonds. The predicted octanol–water partition coefficient (Wildman–Crippen LogP) is 5.38. The summed E-state index contributed by atoms with van der Waals surface area (Å²) in [5.41, 5.74) is 5.08. The normalized spacial score (nSPS) is 19.5. The van der Waals surface area contributed by atoms with Gasteiger partial charge in [0.05, 0.1) is 25.0 Å². The topological polar surface area (TPSA) is 54.4 Å². The van der Waals surface area contributed by atoms with Crippen LogP contribution < -0.4 is 9.47 Å². The van der Waals surface area contributed by atoms with Gasteiger partial charge in [0, 0.05) is 41.2 Å². The number of fused-ring (bicyclic) bond motifs is 3. The lowest BCUT2D eigenvalue weighted by molar-refractivity contribution is 0.0643. The van der Waals surface area contributed by atoms with Crippen LogP contribution in [0.1, 0.15) is 80.9 Å². The molecule has 1 fully saturated rings. The Balaban J connectivity index is 1.76. The first-order chi connectivity index (χ1) is 17.2. The average molecular weight is 492 g/mol. The minimum absolute atomic E-state index is 0.0629. The summed E-state index contributed by atoms with van der Waals surface area (Å²) in [7, 11) is 2.18. The van der Waals surface area contributed by atoms with Crippen molar-refractivity contribution >= 4 is 11.6 Å². The number of hydrogen-bond acceptors (Lipinski definition) is 5. The third-order valence-corrected chi connectivity index (χ3v) is 7.20. The smallest absolute Gasteiger partial charge is 0.254 e. The summed E-state index contributed by atoms with van der Waals surface area (Å²) in [6.45, 7) is 15.4. The number of amides is 1. The maximum absolute atomic E-state index is 13.2. The molecule has 0 N–H and O–H groups in total. The van der Waals surface area contributed by atoms with E-state index in [1.54, 1.807) is 0 Å². The molecular weight excluding hydrogens is 450 g/mol. The molecule has 4 rings (SSSR count). The van der Waals surface area contributed by atoms with E-state index < -0.39 is 0 Å². The number of hydrogen-bond donors (Lipinski definition) is 0. The van der Waals surface area contributed by atoms with Crippen LogP contribution in [0, 0.1) is 0 Å². The lowest BCUT2D eigenvalue weighted by Crippen LogP contribution is -2.42. The Morgan fingerprint density at radius 3 is 2.22 bits per heavy atom. The SMILES string of the molecule is CCOc1cc2c(cc1OCC)[C@@H]1CN(C)CC[C@@H]1N=C2c1ccc(C(=O)N(C(C)C)C(C)C)cc1. The second kappa shape index (κ2) is 11.0. The Kier molecular flexibility index (Phi) is 8.04. The molecule has 2 aliphatic heterocycles. The van der Waals surface area contributed by atoms with E-state index in [4.69, 9.17) is 14.5 Å². The molecule has 6 nitrogen and oxygen atoms in total. The van der Waals surface area contributed by atoms with E-state index in [-0.39, 0.29) is 24.0 Å². The zero-order valence-corrected chi connectivity index (χ0v) is 22.9. The van der Waals surface area contributed by atoms with Crippen molar-refractivity contribution in [1.82, 2.24) is 9.80 Å².